The second kappa shape index (κ2) is 8.06. The van der Waals surface area contributed by atoms with Crippen LogP contribution in [0.3, 0.4) is 0 Å². The summed E-state index contributed by atoms with van der Waals surface area (Å²) in [6.07, 6.45) is 1.96. The van der Waals surface area contributed by atoms with Crippen molar-refractivity contribution in [2.24, 2.45) is 4.99 Å². The van der Waals surface area contributed by atoms with Gasteiger partial charge < -0.3 is 5.11 Å². The Kier molecular flexibility index (Phi) is 5.77. The topological polar surface area (TPSA) is 32.6 Å². The van der Waals surface area contributed by atoms with Crippen LogP contribution < -0.4 is 5.30 Å². The molecule has 0 saturated carbocycles. The lowest BCUT2D eigenvalue weighted by atomic mass is 9.99. The monoisotopic (exact) mass is 375 g/mol. The van der Waals surface area contributed by atoms with Crippen molar-refractivity contribution in [1.29, 1.82) is 0 Å². The summed E-state index contributed by atoms with van der Waals surface area (Å²) >= 11 is 0. The van der Waals surface area contributed by atoms with E-state index in [4.69, 9.17) is 0 Å². The third-order valence-corrected chi connectivity index (χ3v) is 6.59. The van der Waals surface area contributed by atoms with Crippen molar-refractivity contribution in [3.05, 3.63) is 89.0 Å². The van der Waals surface area contributed by atoms with Gasteiger partial charge in [-0.25, -0.2) is 0 Å². The number of aromatic hydroxyl groups is 1. The molecule has 0 aliphatic heterocycles. The summed E-state index contributed by atoms with van der Waals surface area (Å²) in [4.78, 5) is 4.64. The van der Waals surface area contributed by atoms with E-state index in [0.717, 1.165) is 22.4 Å². The van der Waals surface area contributed by atoms with Crippen LogP contribution in [-0.2, 0) is 5.16 Å². The fourth-order valence-corrected chi connectivity index (χ4v) is 4.70. The van der Waals surface area contributed by atoms with E-state index < -0.39 is 0 Å². The number of rotatable bonds is 5. The van der Waals surface area contributed by atoms with Gasteiger partial charge in [-0.2, -0.15) is 0 Å². The van der Waals surface area contributed by atoms with Crippen molar-refractivity contribution in [1.82, 2.24) is 0 Å². The maximum atomic E-state index is 10.6. The fourth-order valence-electron chi connectivity index (χ4n) is 3.17. The predicted molar refractivity (Wildman–Crippen MR) is 119 cm³/mol. The van der Waals surface area contributed by atoms with Gasteiger partial charge in [0.1, 0.15) is 5.75 Å². The third-order valence-electron chi connectivity index (χ3n) is 4.76. The van der Waals surface area contributed by atoms with E-state index in [1.54, 1.807) is 0 Å². The van der Waals surface area contributed by atoms with Crippen molar-refractivity contribution in [3.8, 4) is 5.75 Å². The number of hydrogen-bond donors (Lipinski definition) is 1. The van der Waals surface area contributed by atoms with E-state index in [0.29, 0.717) is 14.3 Å². The maximum Gasteiger partial charge on any atom is 0.122 e. The largest absolute Gasteiger partial charge is 0.507 e. The number of benzene rings is 3. The normalized spacial score (nSPS) is 12.3. The van der Waals surface area contributed by atoms with Crippen LogP contribution in [0.4, 0.5) is 5.69 Å². The highest BCUT2D eigenvalue weighted by Crippen LogP contribution is 2.45. The zero-order valence-corrected chi connectivity index (χ0v) is 17.3. The van der Waals surface area contributed by atoms with Gasteiger partial charge in [0.05, 0.1) is 5.69 Å². The summed E-state index contributed by atoms with van der Waals surface area (Å²) in [6.45, 7) is 8.49. The maximum absolute atomic E-state index is 10.6. The van der Waals surface area contributed by atoms with E-state index in [-0.39, 0.29) is 5.16 Å². The summed E-state index contributed by atoms with van der Waals surface area (Å²) in [6, 6.07) is 22.3. The lowest BCUT2D eigenvalue weighted by molar-refractivity contribution is 0.457. The molecular formula is C24H26NOP. The van der Waals surface area contributed by atoms with Crippen LogP contribution in [0.5, 0.6) is 5.75 Å². The van der Waals surface area contributed by atoms with Gasteiger partial charge >= 0.3 is 0 Å². The molecule has 3 rings (SSSR count). The van der Waals surface area contributed by atoms with Crippen LogP contribution in [0.15, 0.2) is 71.7 Å². The first kappa shape index (κ1) is 19.3. The van der Waals surface area contributed by atoms with Gasteiger partial charge in [0.2, 0.25) is 0 Å². The van der Waals surface area contributed by atoms with Crippen molar-refractivity contribution < 1.29 is 5.11 Å². The standard InChI is InChI=1S/C24H26NOP/c1-17-10-9-15-21(22(17)26)24(3,4)27-23-18(2)11-8-12-19(23)16-25-20-13-6-5-7-14-20/h5-16,26-27H,1-4H3/b25-16+. The van der Waals surface area contributed by atoms with E-state index >= 15 is 0 Å². The first-order valence-electron chi connectivity index (χ1n) is 9.14. The smallest absolute Gasteiger partial charge is 0.122 e. The molecule has 0 aliphatic carbocycles. The molecule has 1 atom stereocenters. The van der Waals surface area contributed by atoms with Crippen molar-refractivity contribution in [3.63, 3.8) is 0 Å². The van der Waals surface area contributed by atoms with E-state index in [2.05, 4.69) is 44.0 Å². The van der Waals surface area contributed by atoms with Gasteiger partial charge in [-0.05, 0) is 42.4 Å². The lowest BCUT2D eigenvalue weighted by Gasteiger charge is -2.28. The minimum atomic E-state index is -0.169. The molecule has 0 radical (unpaired) electrons. The second-order valence-electron chi connectivity index (χ2n) is 7.35. The molecule has 3 aromatic rings. The van der Waals surface area contributed by atoms with Crippen molar-refractivity contribution in [2.75, 3.05) is 0 Å². The van der Waals surface area contributed by atoms with Gasteiger partial charge in [0.15, 0.2) is 0 Å². The Hall–Kier alpha value is -2.44. The van der Waals surface area contributed by atoms with Gasteiger partial charge in [0.25, 0.3) is 0 Å². The van der Waals surface area contributed by atoms with Gasteiger partial charge in [-0.1, -0.05) is 77.0 Å². The van der Waals surface area contributed by atoms with Crippen LogP contribution in [0, 0.1) is 13.8 Å². The Balaban J connectivity index is 1.97. The lowest BCUT2D eigenvalue weighted by Crippen LogP contribution is -2.19. The van der Waals surface area contributed by atoms with Crippen LogP contribution >= 0.6 is 8.58 Å². The van der Waals surface area contributed by atoms with Gasteiger partial charge in [-0.3, -0.25) is 4.99 Å². The number of aryl methyl sites for hydroxylation is 2. The van der Waals surface area contributed by atoms with Crippen LogP contribution in [0.1, 0.15) is 36.1 Å². The molecule has 0 aromatic heterocycles. The fraction of sp³-hybridized carbons (Fsp3) is 0.208. The molecule has 3 heteroatoms. The Labute approximate surface area is 163 Å². The summed E-state index contributed by atoms with van der Waals surface area (Å²) in [7, 11) is 0.515. The highest BCUT2D eigenvalue weighted by Gasteiger charge is 2.26. The molecule has 27 heavy (non-hydrogen) atoms. The second-order valence-corrected chi connectivity index (χ2v) is 9.35. The number of para-hydroxylation sites is 2. The molecule has 0 fully saturated rings. The van der Waals surface area contributed by atoms with Gasteiger partial charge in [0, 0.05) is 22.5 Å². The molecule has 0 bridgehead atoms. The zero-order chi connectivity index (χ0) is 19.4. The molecule has 0 amide bonds. The minimum Gasteiger partial charge on any atom is -0.507 e. The quantitative estimate of drug-likeness (QED) is 0.431. The summed E-state index contributed by atoms with van der Waals surface area (Å²) in [5, 5.41) is 11.7. The predicted octanol–water partition coefficient (Wildman–Crippen LogP) is 6.00. The SMILES string of the molecule is Cc1cccc(C(C)(C)Pc2c(C)cccc2/C=N/c2ccccc2)c1O. The van der Waals surface area contributed by atoms with E-state index in [1.807, 2.05) is 61.7 Å². The van der Waals surface area contributed by atoms with Crippen LogP contribution in [0.2, 0.25) is 0 Å². The van der Waals surface area contributed by atoms with Gasteiger partial charge in [-0.15, -0.1) is 0 Å². The van der Waals surface area contributed by atoms with E-state index in [9.17, 15) is 5.11 Å². The first-order valence-corrected chi connectivity index (χ1v) is 10.1. The number of phenolic OH excluding ortho intramolecular Hbond substituents is 1. The number of nitrogens with zero attached hydrogens (tertiary/aromatic N) is 1. The first-order chi connectivity index (χ1) is 12.9. The molecule has 2 nitrogen and oxygen atoms in total. The molecule has 3 aromatic carbocycles. The molecule has 0 saturated heterocycles. The average molecular weight is 375 g/mol. The third kappa shape index (κ3) is 4.46. The Morgan fingerprint density at radius 2 is 1.52 bits per heavy atom. The Bertz CT molecular complexity index is 961. The molecule has 138 valence electrons. The molecule has 1 N–H and O–H groups in total. The van der Waals surface area contributed by atoms with Crippen molar-refractivity contribution in [2.45, 2.75) is 32.9 Å². The molecule has 1 unspecified atom stereocenters. The highest BCUT2D eigenvalue weighted by molar-refractivity contribution is 7.48. The summed E-state index contributed by atoms with van der Waals surface area (Å²) in [5.74, 6) is 0.406. The minimum absolute atomic E-state index is 0.169. The average Bonchev–Trinajstić information content (AvgIpc) is 2.65. The molecular weight excluding hydrogens is 349 g/mol. The number of aliphatic imine (C=N–C) groups is 1. The number of hydrogen-bond acceptors (Lipinski definition) is 2. The highest BCUT2D eigenvalue weighted by atomic mass is 31.1. The molecule has 0 aliphatic rings. The summed E-state index contributed by atoms with van der Waals surface area (Å²) < 4.78 is 0. The van der Waals surface area contributed by atoms with Crippen LogP contribution in [-0.4, -0.2) is 11.3 Å². The summed E-state index contributed by atoms with van der Waals surface area (Å²) in [5.41, 5.74) is 5.25. The molecule has 0 heterocycles. The number of phenols is 1. The van der Waals surface area contributed by atoms with Crippen molar-refractivity contribution >= 4 is 25.8 Å². The van der Waals surface area contributed by atoms with Crippen LogP contribution in [0.25, 0.3) is 0 Å². The Morgan fingerprint density at radius 3 is 2.26 bits per heavy atom. The molecule has 0 spiro atoms. The Morgan fingerprint density at radius 1 is 0.852 bits per heavy atom. The van der Waals surface area contributed by atoms with E-state index in [1.165, 1.54) is 10.9 Å². The zero-order valence-electron chi connectivity index (χ0n) is 16.3.